The fourth-order valence-corrected chi connectivity index (χ4v) is 5.13. The average Bonchev–Trinajstić information content (AvgIpc) is 3.39. The lowest BCUT2D eigenvalue weighted by molar-refractivity contribution is 0.0950. The van der Waals surface area contributed by atoms with Crippen molar-refractivity contribution in [3.63, 3.8) is 0 Å². The molecule has 0 unspecified atom stereocenters. The van der Waals surface area contributed by atoms with Crippen LogP contribution in [0.15, 0.2) is 29.4 Å². The molecule has 1 saturated carbocycles. The van der Waals surface area contributed by atoms with E-state index in [0.717, 1.165) is 47.6 Å². The number of anilines is 1. The van der Waals surface area contributed by atoms with Crippen molar-refractivity contribution in [1.82, 2.24) is 30.3 Å². The van der Waals surface area contributed by atoms with Gasteiger partial charge in [-0.1, -0.05) is 35.2 Å². The molecule has 2 aromatic heterocycles. The maximum atomic E-state index is 13.0. The first-order valence-electron chi connectivity index (χ1n) is 10.4. The van der Waals surface area contributed by atoms with E-state index in [2.05, 4.69) is 35.2 Å². The van der Waals surface area contributed by atoms with E-state index < -0.39 is 0 Å². The van der Waals surface area contributed by atoms with Gasteiger partial charge in [0.05, 0.1) is 19.0 Å². The second kappa shape index (κ2) is 9.51. The van der Waals surface area contributed by atoms with Gasteiger partial charge >= 0.3 is 0 Å². The molecule has 1 amide bonds. The Morgan fingerprint density at radius 2 is 1.94 bits per heavy atom. The molecule has 2 aliphatic rings. The Kier molecular flexibility index (Phi) is 6.32. The van der Waals surface area contributed by atoms with Crippen LogP contribution in [0.2, 0.25) is 0 Å². The molecule has 5 rings (SSSR count). The Bertz CT molecular complexity index is 1080. The Hall–Kier alpha value is -2.57. The molecule has 1 aliphatic carbocycles. The van der Waals surface area contributed by atoms with Crippen LogP contribution in [-0.4, -0.2) is 57.2 Å². The van der Waals surface area contributed by atoms with E-state index in [-0.39, 0.29) is 11.7 Å². The topological polar surface area (TPSA) is 98.1 Å². The molecule has 2 fully saturated rings. The van der Waals surface area contributed by atoms with Gasteiger partial charge < -0.3 is 15.0 Å². The second-order valence-corrected chi connectivity index (χ2v) is 9.59. The summed E-state index contributed by atoms with van der Waals surface area (Å²) in [5.41, 5.74) is 0.815. The predicted molar refractivity (Wildman–Crippen MR) is 118 cm³/mol. The first-order valence-corrected chi connectivity index (χ1v) is 12.2. The molecular weight excluding hydrogens is 453 g/mol. The zero-order valence-corrected chi connectivity index (χ0v) is 18.9. The van der Waals surface area contributed by atoms with Crippen LogP contribution < -0.4 is 10.2 Å². The molecular formula is C20H22FN7O2S2. The van der Waals surface area contributed by atoms with Gasteiger partial charge in [-0.3, -0.25) is 9.36 Å². The number of nitrogens with zero attached hydrogens (tertiary/aromatic N) is 6. The Morgan fingerprint density at radius 3 is 2.69 bits per heavy atom. The normalized spacial score (nSPS) is 16.3. The van der Waals surface area contributed by atoms with Crippen molar-refractivity contribution in [3.05, 3.63) is 45.7 Å². The van der Waals surface area contributed by atoms with Crippen molar-refractivity contribution in [1.29, 1.82) is 0 Å². The third kappa shape index (κ3) is 4.92. The molecule has 1 aliphatic heterocycles. The van der Waals surface area contributed by atoms with Crippen molar-refractivity contribution in [2.45, 2.75) is 36.3 Å². The highest BCUT2D eigenvalue weighted by molar-refractivity contribution is 7.98. The maximum absolute atomic E-state index is 13.0. The highest BCUT2D eigenvalue weighted by Crippen LogP contribution is 2.41. The minimum absolute atomic E-state index is 0.293. The number of carbonyl (C=O) groups is 1. The first kappa shape index (κ1) is 21.3. The minimum atomic E-state index is -0.305. The number of aromatic nitrogens is 5. The lowest BCUT2D eigenvalue weighted by Gasteiger charge is -2.27. The number of benzene rings is 1. The lowest BCUT2D eigenvalue weighted by Crippen LogP contribution is -2.38. The van der Waals surface area contributed by atoms with Crippen LogP contribution in [0, 0.1) is 5.82 Å². The molecule has 9 nitrogen and oxygen atoms in total. The summed E-state index contributed by atoms with van der Waals surface area (Å²) in [6.45, 7) is 3.36. The molecule has 0 atom stereocenters. The first-order chi connectivity index (χ1) is 15.7. The second-order valence-electron chi connectivity index (χ2n) is 7.58. The Balaban J connectivity index is 1.19. The molecule has 1 aromatic carbocycles. The van der Waals surface area contributed by atoms with Gasteiger partial charge in [-0.2, -0.15) is 0 Å². The van der Waals surface area contributed by atoms with Crippen molar-refractivity contribution in [3.8, 4) is 0 Å². The van der Waals surface area contributed by atoms with E-state index >= 15 is 0 Å². The van der Waals surface area contributed by atoms with Gasteiger partial charge in [0.15, 0.2) is 5.16 Å². The van der Waals surface area contributed by atoms with Gasteiger partial charge in [0, 0.05) is 25.7 Å². The van der Waals surface area contributed by atoms with Crippen molar-refractivity contribution >= 4 is 35.0 Å². The van der Waals surface area contributed by atoms with E-state index in [9.17, 15) is 9.18 Å². The zero-order chi connectivity index (χ0) is 21.9. The monoisotopic (exact) mass is 475 g/mol. The fourth-order valence-electron chi connectivity index (χ4n) is 3.39. The van der Waals surface area contributed by atoms with E-state index in [0.29, 0.717) is 36.6 Å². The minimum Gasteiger partial charge on any atom is -0.378 e. The Labute approximate surface area is 192 Å². The summed E-state index contributed by atoms with van der Waals surface area (Å²) in [5, 5.41) is 21.8. The number of nitrogens with one attached hydrogen (secondary N) is 1. The molecule has 1 N–H and O–H groups in total. The van der Waals surface area contributed by atoms with Crippen LogP contribution in [0.1, 0.15) is 39.3 Å². The summed E-state index contributed by atoms with van der Waals surface area (Å²) < 4.78 is 20.7. The quantitative estimate of drug-likeness (QED) is 0.497. The largest absolute Gasteiger partial charge is 0.378 e. The van der Waals surface area contributed by atoms with Crippen molar-refractivity contribution in [2.24, 2.45) is 0 Å². The molecule has 3 heterocycles. The van der Waals surface area contributed by atoms with Crippen LogP contribution in [0.5, 0.6) is 0 Å². The molecule has 0 radical (unpaired) electrons. The van der Waals surface area contributed by atoms with Crippen LogP contribution in [0.3, 0.4) is 0 Å². The number of amides is 1. The number of ether oxygens (including phenoxy) is 1. The molecule has 32 heavy (non-hydrogen) atoms. The summed E-state index contributed by atoms with van der Waals surface area (Å²) in [7, 11) is 0. The number of hydrogen-bond donors (Lipinski definition) is 1. The van der Waals surface area contributed by atoms with Crippen molar-refractivity contribution in [2.75, 3.05) is 31.2 Å². The molecule has 12 heteroatoms. The number of rotatable bonds is 8. The van der Waals surface area contributed by atoms with E-state index in [1.165, 1.54) is 23.5 Å². The number of thioether (sulfide) groups is 1. The highest BCUT2D eigenvalue weighted by atomic mass is 32.2. The standard InChI is InChI=1S/C20H22FN7O2S2/c21-14-3-1-13(2-4-14)11-22-17(29)18-24-23-16(32-18)12-31-20-26-25-19(28(20)15-5-6-15)27-7-9-30-10-8-27/h1-4,15H,5-12H2,(H,22,29). The molecule has 168 valence electrons. The molecule has 3 aromatic rings. The van der Waals surface area contributed by atoms with Crippen molar-refractivity contribution < 1.29 is 13.9 Å². The van der Waals surface area contributed by atoms with E-state index in [4.69, 9.17) is 4.74 Å². The lowest BCUT2D eigenvalue weighted by atomic mass is 10.2. The highest BCUT2D eigenvalue weighted by Gasteiger charge is 2.32. The SMILES string of the molecule is O=C(NCc1ccc(F)cc1)c1nnc(CSc2nnc(N3CCOCC3)n2C2CC2)s1. The number of morpholine rings is 1. The van der Waals surface area contributed by atoms with Gasteiger partial charge in [0.25, 0.3) is 5.91 Å². The number of halogens is 1. The van der Waals surface area contributed by atoms with E-state index in [1.807, 2.05) is 0 Å². The van der Waals surface area contributed by atoms with Crippen LogP contribution in [-0.2, 0) is 17.0 Å². The average molecular weight is 476 g/mol. The van der Waals surface area contributed by atoms with Gasteiger partial charge in [-0.05, 0) is 30.5 Å². The van der Waals surface area contributed by atoms with Crippen LogP contribution in [0.25, 0.3) is 0 Å². The molecule has 0 bridgehead atoms. The zero-order valence-electron chi connectivity index (χ0n) is 17.2. The Morgan fingerprint density at radius 1 is 1.16 bits per heavy atom. The summed E-state index contributed by atoms with van der Waals surface area (Å²) in [4.78, 5) is 14.6. The van der Waals surface area contributed by atoms with Crippen LogP contribution >= 0.6 is 23.1 Å². The smallest absolute Gasteiger partial charge is 0.282 e. The summed E-state index contributed by atoms with van der Waals surface area (Å²) >= 11 is 2.83. The summed E-state index contributed by atoms with van der Waals surface area (Å²) in [5.74, 6) is 0.882. The molecule has 0 spiro atoms. The summed E-state index contributed by atoms with van der Waals surface area (Å²) in [6, 6.07) is 6.46. The predicted octanol–water partition coefficient (Wildman–Crippen LogP) is 2.66. The van der Waals surface area contributed by atoms with Gasteiger partial charge in [-0.15, -0.1) is 20.4 Å². The van der Waals surface area contributed by atoms with Gasteiger partial charge in [0.1, 0.15) is 10.8 Å². The van der Waals surface area contributed by atoms with E-state index in [1.54, 1.807) is 23.9 Å². The number of carbonyl (C=O) groups excluding carboxylic acids is 1. The van der Waals surface area contributed by atoms with Crippen LogP contribution in [0.4, 0.5) is 10.3 Å². The third-order valence-electron chi connectivity index (χ3n) is 5.20. The summed E-state index contributed by atoms with van der Waals surface area (Å²) in [6.07, 6.45) is 2.28. The van der Waals surface area contributed by atoms with Gasteiger partial charge in [0.2, 0.25) is 11.0 Å². The third-order valence-corrected chi connectivity index (χ3v) is 7.26. The molecule has 1 saturated heterocycles. The maximum Gasteiger partial charge on any atom is 0.282 e. The fraction of sp³-hybridized carbons (Fsp3) is 0.450. The van der Waals surface area contributed by atoms with Gasteiger partial charge in [-0.25, -0.2) is 4.39 Å². The number of hydrogen-bond acceptors (Lipinski definition) is 9.